The number of carbonyl (C=O) groups is 1. The van der Waals surface area contributed by atoms with E-state index in [4.69, 9.17) is 25.5 Å². The minimum Gasteiger partial charge on any atom is -0.484 e. The van der Waals surface area contributed by atoms with Crippen LogP contribution in [0.4, 0.5) is 5.69 Å². The molecule has 0 radical (unpaired) electrons. The summed E-state index contributed by atoms with van der Waals surface area (Å²) in [5.41, 5.74) is 0.756. The molecule has 1 aliphatic heterocycles. The molecule has 2 atom stereocenters. The molecule has 0 amide bonds. The molecule has 1 aromatic carbocycles. The fourth-order valence-electron chi connectivity index (χ4n) is 2.33. The molecule has 0 aliphatic carbocycles. The minimum absolute atomic E-state index is 0.0589. The summed E-state index contributed by atoms with van der Waals surface area (Å²) < 4.78 is 15.9. The van der Waals surface area contributed by atoms with E-state index in [-0.39, 0.29) is 18.1 Å². The van der Waals surface area contributed by atoms with Crippen molar-refractivity contribution in [3.63, 3.8) is 0 Å². The number of hydrogen-bond donors (Lipinski definition) is 1. The van der Waals surface area contributed by atoms with Crippen molar-refractivity contribution in [1.82, 2.24) is 0 Å². The zero-order chi connectivity index (χ0) is 15.5. The van der Waals surface area contributed by atoms with Gasteiger partial charge in [0.05, 0.1) is 11.3 Å². The van der Waals surface area contributed by atoms with E-state index in [2.05, 4.69) is 5.32 Å². The van der Waals surface area contributed by atoms with Gasteiger partial charge in [0.25, 0.3) is 0 Å². The maximum atomic E-state index is 11.6. The number of hydrogen-bond acceptors (Lipinski definition) is 5. The number of anilines is 1. The highest BCUT2D eigenvalue weighted by molar-refractivity contribution is 6.32. The Balaban J connectivity index is 1.63. The number of cyclic esters (lactones) is 1. The third-order valence-electron chi connectivity index (χ3n) is 3.39. The average Bonchev–Trinajstić information content (AvgIpc) is 3.08. The highest BCUT2D eigenvalue weighted by Gasteiger charge is 2.31. The summed E-state index contributed by atoms with van der Waals surface area (Å²) in [4.78, 5) is 11.6. The van der Waals surface area contributed by atoms with E-state index in [0.717, 1.165) is 11.4 Å². The number of furan rings is 1. The fraction of sp³-hybridized carbons (Fsp3) is 0.312. The summed E-state index contributed by atoms with van der Waals surface area (Å²) >= 11 is 6.21. The standard InChI is InChI=1S/C16H16ClNO4/c1-10-7-14(16(19)22-10)18-11-4-5-15(13(17)8-11)21-9-12-3-2-6-20-12/h2-6,8,10,14,18H,7,9H2,1H3/t10-,14+/m0/s1. The largest absolute Gasteiger partial charge is 0.484 e. The van der Waals surface area contributed by atoms with Crippen LogP contribution in [0.3, 0.4) is 0 Å². The highest BCUT2D eigenvalue weighted by Crippen LogP contribution is 2.29. The van der Waals surface area contributed by atoms with Crippen LogP contribution in [0.25, 0.3) is 0 Å². The topological polar surface area (TPSA) is 60.7 Å². The quantitative estimate of drug-likeness (QED) is 0.852. The number of carbonyl (C=O) groups excluding carboxylic acids is 1. The molecule has 0 unspecified atom stereocenters. The van der Waals surface area contributed by atoms with Crippen molar-refractivity contribution in [2.45, 2.75) is 32.1 Å². The molecule has 6 heteroatoms. The Hall–Kier alpha value is -2.14. The summed E-state index contributed by atoms with van der Waals surface area (Å²) in [6, 6.07) is 8.61. The van der Waals surface area contributed by atoms with Crippen molar-refractivity contribution in [3.05, 3.63) is 47.4 Å². The fourth-order valence-corrected chi connectivity index (χ4v) is 2.56. The van der Waals surface area contributed by atoms with Crippen molar-refractivity contribution < 1.29 is 18.7 Å². The zero-order valence-corrected chi connectivity index (χ0v) is 12.8. The lowest BCUT2D eigenvalue weighted by Gasteiger charge is -2.12. The molecular weight excluding hydrogens is 306 g/mol. The lowest BCUT2D eigenvalue weighted by Crippen LogP contribution is -2.24. The molecule has 2 aromatic rings. The Morgan fingerprint density at radius 1 is 1.41 bits per heavy atom. The van der Waals surface area contributed by atoms with Gasteiger partial charge in [-0.25, -0.2) is 4.79 Å². The van der Waals surface area contributed by atoms with Gasteiger partial charge in [0.2, 0.25) is 0 Å². The maximum Gasteiger partial charge on any atom is 0.328 e. The van der Waals surface area contributed by atoms with Gasteiger partial charge in [0, 0.05) is 12.1 Å². The van der Waals surface area contributed by atoms with Crippen LogP contribution < -0.4 is 10.1 Å². The van der Waals surface area contributed by atoms with Crippen molar-refractivity contribution >= 4 is 23.3 Å². The van der Waals surface area contributed by atoms with Gasteiger partial charge in [-0.15, -0.1) is 0 Å². The van der Waals surface area contributed by atoms with Crippen LogP contribution in [-0.2, 0) is 16.1 Å². The van der Waals surface area contributed by atoms with Gasteiger partial charge in [0.1, 0.15) is 30.3 Å². The van der Waals surface area contributed by atoms with E-state index in [1.807, 2.05) is 19.1 Å². The third kappa shape index (κ3) is 3.36. The smallest absolute Gasteiger partial charge is 0.328 e. The predicted octanol–water partition coefficient (Wildman–Crippen LogP) is 3.63. The first-order chi connectivity index (χ1) is 10.6. The zero-order valence-electron chi connectivity index (χ0n) is 12.0. The molecule has 0 bridgehead atoms. The average molecular weight is 322 g/mol. The highest BCUT2D eigenvalue weighted by atomic mass is 35.5. The second-order valence-corrected chi connectivity index (χ2v) is 5.60. The van der Waals surface area contributed by atoms with Crippen LogP contribution in [0, 0.1) is 0 Å². The van der Waals surface area contributed by atoms with Crippen LogP contribution in [0.5, 0.6) is 5.75 Å². The Morgan fingerprint density at radius 2 is 2.27 bits per heavy atom. The molecule has 1 aliphatic rings. The van der Waals surface area contributed by atoms with Gasteiger partial charge in [0.15, 0.2) is 0 Å². The van der Waals surface area contributed by atoms with E-state index in [1.165, 1.54) is 0 Å². The molecular formula is C16H16ClNO4. The number of halogens is 1. The number of esters is 1. The summed E-state index contributed by atoms with van der Waals surface area (Å²) in [5, 5.41) is 3.59. The molecule has 116 valence electrons. The van der Waals surface area contributed by atoms with Crippen LogP contribution in [0.1, 0.15) is 19.1 Å². The van der Waals surface area contributed by atoms with E-state index in [1.54, 1.807) is 24.5 Å². The number of ether oxygens (including phenoxy) is 2. The Kier molecular flexibility index (Phi) is 4.24. The Morgan fingerprint density at radius 3 is 2.91 bits per heavy atom. The SMILES string of the molecule is C[C@H]1C[C@@H](Nc2ccc(OCc3ccco3)c(Cl)c2)C(=O)O1. The third-order valence-corrected chi connectivity index (χ3v) is 3.69. The van der Waals surface area contributed by atoms with Crippen molar-refractivity contribution in [1.29, 1.82) is 0 Å². The van der Waals surface area contributed by atoms with Gasteiger partial charge in [-0.05, 0) is 37.3 Å². The number of nitrogens with one attached hydrogen (secondary N) is 1. The second-order valence-electron chi connectivity index (χ2n) is 5.19. The van der Waals surface area contributed by atoms with E-state index in [9.17, 15) is 4.79 Å². The van der Waals surface area contributed by atoms with Crippen LogP contribution in [0.2, 0.25) is 5.02 Å². The van der Waals surface area contributed by atoms with E-state index in [0.29, 0.717) is 23.8 Å². The summed E-state index contributed by atoms with van der Waals surface area (Å²) in [5.74, 6) is 1.05. The molecule has 5 nitrogen and oxygen atoms in total. The molecule has 3 rings (SSSR count). The molecule has 22 heavy (non-hydrogen) atoms. The molecule has 0 saturated carbocycles. The normalized spacial score (nSPS) is 20.7. The predicted molar refractivity (Wildman–Crippen MR) is 82.1 cm³/mol. The first kappa shape index (κ1) is 14.8. The second kappa shape index (κ2) is 6.32. The summed E-state index contributed by atoms with van der Waals surface area (Å²) in [6.45, 7) is 2.18. The monoisotopic (exact) mass is 321 g/mol. The number of rotatable bonds is 5. The van der Waals surface area contributed by atoms with Gasteiger partial charge >= 0.3 is 5.97 Å². The molecule has 1 N–H and O–H groups in total. The minimum atomic E-state index is -0.332. The molecule has 0 spiro atoms. The molecule has 1 aromatic heterocycles. The Bertz CT molecular complexity index is 656. The van der Waals surface area contributed by atoms with Gasteiger partial charge in [-0.2, -0.15) is 0 Å². The first-order valence-electron chi connectivity index (χ1n) is 7.03. The summed E-state index contributed by atoms with van der Waals surface area (Å²) in [7, 11) is 0. The summed E-state index contributed by atoms with van der Waals surface area (Å²) in [6.07, 6.45) is 2.18. The van der Waals surface area contributed by atoms with Crippen molar-refractivity contribution in [2.24, 2.45) is 0 Å². The van der Waals surface area contributed by atoms with Gasteiger partial charge in [-0.1, -0.05) is 11.6 Å². The lowest BCUT2D eigenvalue weighted by molar-refractivity contribution is -0.141. The molecule has 1 fully saturated rings. The van der Waals surface area contributed by atoms with Crippen molar-refractivity contribution in [2.75, 3.05) is 5.32 Å². The maximum absolute atomic E-state index is 11.6. The Labute approximate surface area is 133 Å². The van der Waals surface area contributed by atoms with E-state index < -0.39 is 0 Å². The molecule has 1 saturated heterocycles. The van der Waals surface area contributed by atoms with Gasteiger partial charge in [-0.3, -0.25) is 0 Å². The lowest BCUT2D eigenvalue weighted by atomic mass is 10.2. The van der Waals surface area contributed by atoms with Gasteiger partial charge < -0.3 is 19.2 Å². The van der Waals surface area contributed by atoms with E-state index >= 15 is 0 Å². The first-order valence-corrected chi connectivity index (χ1v) is 7.41. The van der Waals surface area contributed by atoms with Crippen LogP contribution >= 0.6 is 11.6 Å². The van der Waals surface area contributed by atoms with Crippen molar-refractivity contribution in [3.8, 4) is 5.75 Å². The van der Waals surface area contributed by atoms with Crippen LogP contribution in [0.15, 0.2) is 41.0 Å². The molecule has 2 heterocycles. The van der Waals surface area contributed by atoms with Crippen LogP contribution in [-0.4, -0.2) is 18.1 Å². The number of benzene rings is 1.